The van der Waals surface area contributed by atoms with Crippen LogP contribution >= 0.6 is 0 Å². The number of hydrogen-bond donors (Lipinski definition) is 0. The maximum atomic E-state index is 12.4. The van der Waals surface area contributed by atoms with Crippen molar-refractivity contribution in [2.75, 3.05) is 0 Å². The molecule has 0 aliphatic carbocycles. The van der Waals surface area contributed by atoms with Gasteiger partial charge in [-0.25, -0.2) is 0 Å². The van der Waals surface area contributed by atoms with Crippen LogP contribution in [0.4, 0.5) is 13.2 Å². The molecule has 0 amide bonds. The Morgan fingerprint density at radius 2 is 1.70 bits per heavy atom. The molecule has 0 aromatic heterocycles. The van der Waals surface area contributed by atoms with Gasteiger partial charge in [0.25, 0.3) is 0 Å². The predicted molar refractivity (Wildman–Crippen MR) is 64.9 cm³/mol. The number of alkyl halides is 3. The lowest BCUT2D eigenvalue weighted by Crippen LogP contribution is -2.28. The molecule has 0 fully saturated rings. The molecule has 0 heterocycles. The summed E-state index contributed by atoms with van der Waals surface area (Å²) in [7, 11) is -5.83. The number of carbonyl (C=O) groups excluding carboxylic acids is 1. The van der Waals surface area contributed by atoms with Crippen LogP contribution in [0.1, 0.15) is 10.4 Å². The molecule has 0 saturated heterocycles. The number of hydrogen-bond acceptors (Lipinski definition) is 4. The number of fused-ring (bicyclic) bond motifs is 1. The minimum absolute atomic E-state index is 0.102. The summed E-state index contributed by atoms with van der Waals surface area (Å²) in [5.41, 5.74) is -5.85. The van der Waals surface area contributed by atoms with E-state index in [1.807, 2.05) is 0 Å². The van der Waals surface area contributed by atoms with Crippen LogP contribution in [0.5, 0.6) is 5.75 Å². The Kier molecular flexibility index (Phi) is 3.43. The van der Waals surface area contributed by atoms with Crippen LogP contribution in [0.15, 0.2) is 36.4 Å². The second-order valence-electron chi connectivity index (χ2n) is 3.81. The molecular weight excluding hydrogens is 297 g/mol. The van der Waals surface area contributed by atoms with Gasteiger partial charge in [-0.2, -0.15) is 21.6 Å². The minimum Gasteiger partial charge on any atom is -0.375 e. The molecule has 0 atom stereocenters. The maximum absolute atomic E-state index is 12.4. The highest BCUT2D eigenvalue weighted by Crippen LogP contribution is 2.33. The van der Waals surface area contributed by atoms with Gasteiger partial charge in [0.2, 0.25) is 0 Å². The molecule has 2 aromatic carbocycles. The lowest BCUT2D eigenvalue weighted by atomic mass is 10.1. The number of rotatable bonds is 3. The van der Waals surface area contributed by atoms with E-state index >= 15 is 0 Å². The highest BCUT2D eigenvalue weighted by atomic mass is 32.2. The van der Waals surface area contributed by atoms with Gasteiger partial charge < -0.3 is 4.18 Å². The molecule has 0 N–H and O–H groups in total. The van der Waals surface area contributed by atoms with Crippen molar-refractivity contribution < 1.29 is 30.6 Å². The molecule has 0 spiro atoms. The largest absolute Gasteiger partial charge is 0.534 e. The Morgan fingerprint density at radius 3 is 2.30 bits per heavy atom. The van der Waals surface area contributed by atoms with E-state index in [2.05, 4.69) is 4.18 Å². The summed E-state index contributed by atoms with van der Waals surface area (Å²) in [5.74, 6) is -0.629. The van der Waals surface area contributed by atoms with Crippen LogP contribution in [0.2, 0.25) is 0 Å². The fourth-order valence-corrected chi connectivity index (χ4v) is 2.10. The van der Waals surface area contributed by atoms with Gasteiger partial charge in [0.1, 0.15) is 0 Å². The molecule has 2 rings (SSSR count). The smallest absolute Gasteiger partial charge is 0.375 e. The van der Waals surface area contributed by atoms with E-state index in [4.69, 9.17) is 0 Å². The second-order valence-corrected chi connectivity index (χ2v) is 5.34. The monoisotopic (exact) mass is 304 g/mol. The van der Waals surface area contributed by atoms with Crippen molar-refractivity contribution in [3.8, 4) is 5.75 Å². The van der Waals surface area contributed by atoms with Crippen molar-refractivity contribution in [1.82, 2.24) is 0 Å². The Hall–Kier alpha value is -2.09. The fraction of sp³-hybridized carbons (Fsp3) is 0.0833. The van der Waals surface area contributed by atoms with Gasteiger partial charge in [-0.1, -0.05) is 30.3 Å². The third-order valence-electron chi connectivity index (χ3n) is 2.51. The first-order valence-electron chi connectivity index (χ1n) is 5.24. The first kappa shape index (κ1) is 14.3. The summed E-state index contributed by atoms with van der Waals surface area (Å²) in [6.07, 6.45) is 0.230. The van der Waals surface area contributed by atoms with E-state index in [0.717, 1.165) is 0 Å². The summed E-state index contributed by atoms with van der Waals surface area (Å²) in [4.78, 5) is 10.9. The van der Waals surface area contributed by atoms with Gasteiger partial charge in [-0.3, -0.25) is 4.79 Å². The molecule has 8 heteroatoms. The van der Waals surface area contributed by atoms with Crippen molar-refractivity contribution in [3.63, 3.8) is 0 Å². The molecule has 4 nitrogen and oxygen atoms in total. The summed E-state index contributed by atoms with van der Waals surface area (Å²) < 4.78 is 63.3. The molecule has 0 aliphatic heterocycles. The van der Waals surface area contributed by atoms with Gasteiger partial charge in [0, 0.05) is 5.39 Å². The number of carbonyl (C=O) groups is 1. The summed E-state index contributed by atoms with van der Waals surface area (Å²) in [6, 6.07) is 8.69. The van der Waals surface area contributed by atoms with E-state index in [1.165, 1.54) is 24.3 Å². The van der Waals surface area contributed by atoms with E-state index in [9.17, 15) is 26.4 Å². The van der Waals surface area contributed by atoms with Crippen molar-refractivity contribution >= 4 is 27.2 Å². The van der Waals surface area contributed by atoms with Crippen LogP contribution in [-0.4, -0.2) is 20.2 Å². The van der Waals surface area contributed by atoms with Crippen LogP contribution in [-0.2, 0) is 10.1 Å². The average molecular weight is 304 g/mol. The fourth-order valence-electron chi connectivity index (χ4n) is 1.60. The molecule has 0 bridgehead atoms. The summed E-state index contributed by atoms with van der Waals surface area (Å²) in [5, 5.41) is 0.551. The lowest BCUT2D eigenvalue weighted by molar-refractivity contribution is -0.0499. The second kappa shape index (κ2) is 4.78. The van der Waals surface area contributed by atoms with E-state index in [-0.39, 0.29) is 17.2 Å². The first-order valence-corrected chi connectivity index (χ1v) is 6.65. The summed E-state index contributed by atoms with van der Waals surface area (Å²) in [6.45, 7) is 0. The Morgan fingerprint density at radius 1 is 1.05 bits per heavy atom. The Labute approximate surface area is 111 Å². The maximum Gasteiger partial charge on any atom is 0.534 e. The van der Waals surface area contributed by atoms with Gasteiger partial charge in [-0.05, 0) is 11.5 Å². The normalized spacial score (nSPS) is 12.3. The Balaban J connectivity index is 2.67. The number of benzene rings is 2. The molecule has 106 valence electrons. The molecule has 0 aliphatic rings. The van der Waals surface area contributed by atoms with Crippen molar-refractivity contribution in [2.24, 2.45) is 0 Å². The van der Waals surface area contributed by atoms with Gasteiger partial charge in [-0.15, -0.1) is 0 Å². The SMILES string of the molecule is O=Cc1ccc2ccccc2c1OS(=O)(=O)C(F)(F)F. The van der Waals surface area contributed by atoms with Crippen molar-refractivity contribution in [3.05, 3.63) is 42.0 Å². The third-order valence-corrected chi connectivity index (χ3v) is 3.47. The topological polar surface area (TPSA) is 60.4 Å². The zero-order valence-corrected chi connectivity index (χ0v) is 10.5. The minimum atomic E-state index is -5.83. The lowest BCUT2D eigenvalue weighted by Gasteiger charge is -2.13. The van der Waals surface area contributed by atoms with Crippen LogP contribution in [0.3, 0.4) is 0 Å². The molecular formula is C12H7F3O4S. The van der Waals surface area contributed by atoms with Crippen LogP contribution in [0.25, 0.3) is 10.8 Å². The molecule has 20 heavy (non-hydrogen) atoms. The van der Waals surface area contributed by atoms with Gasteiger partial charge in [0.15, 0.2) is 12.0 Å². The molecule has 0 unspecified atom stereocenters. The van der Waals surface area contributed by atoms with E-state index in [0.29, 0.717) is 5.39 Å². The standard InChI is InChI=1S/C12H7F3O4S/c13-12(14,15)20(17,18)19-11-9(7-16)6-5-8-3-1-2-4-10(8)11/h1-7H. The third kappa shape index (κ3) is 2.46. The average Bonchev–Trinajstić information content (AvgIpc) is 2.37. The van der Waals surface area contributed by atoms with Gasteiger partial charge >= 0.3 is 15.6 Å². The Bertz CT molecular complexity index is 766. The molecule has 2 aromatic rings. The predicted octanol–water partition coefficient (Wildman–Crippen LogP) is 2.88. The molecule has 0 saturated carbocycles. The van der Waals surface area contributed by atoms with Crippen molar-refractivity contribution in [1.29, 1.82) is 0 Å². The first-order chi connectivity index (χ1) is 9.26. The van der Waals surface area contributed by atoms with E-state index in [1.54, 1.807) is 12.1 Å². The zero-order chi connectivity index (χ0) is 15.0. The molecule has 0 radical (unpaired) electrons. The zero-order valence-electron chi connectivity index (χ0n) is 9.72. The number of aldehydes is 1. The summed E-state index contributed by atoms with van der Waals surface area (Å²) >= 11 is 0. The van der Waals surface area contributed by atoms with E-state index < -0.39 is 21.4 Å². The van der Waals surface area contributed by atoms with Gasteiger partial charge in [0.05, 0.1) is 5.56 Å². The highest BCUT2D eigenvalue weighted by molar-refractivity contribution is 7.88. The highest BCUT2D eigenvalue weighted by Gasteiger charge is 2.49. The van der Waals surface area contributed by atoms with Crippen LogP contribution in [0, 0.1) is 0 Å². The van der Waals surface area contributed by atoms with Crippen molar-refractivity contribution in [2.45, 2.75) is 5.51 Å². The quantitative estimate of drug-likeness (QED) is 0.497. The number of halogens is 3. The van der Waals surface area contributed by atoms with Crippen LogP contribution < -0.4 is 4.18 Å².